The van der Waals surface area contributed by atoms with E-state index >= 15 is 0 Å². The molecule has 4 rings (SSSR count). The quantitative estimate of drug-likeness (QED) is 0.682. The zero-order valence-corrected chi connectivity index (χ0v) is 19.7. The molecule has 2 N–H and O–H groups in total. The molecule has 0 aromatic heterocycles. The molecule has 0 saturated carbocycles. The van der Waals surface area contributed by atoms with E-state index < -0.39 is 15.3 Å². The van der Waals surface area contributed by atoms with Crippen molar-refractivity contribution in [2.75, 3.05) is 10.6 Å². The highest BCUT2D eigenvalue weighted by molar-refractivity contribution is 8.01. The number of hydrogen-bond donors (Lipinski definition) is 2. The summed E-state index contributed by atoms with van der Waals surface area (Å²) in [6, 6.07) is 13.6. The van der Waals surface area contributed by atoms with Gasteiger partial charge in [0.05, 0.1) is 15.8 Å². The molecule has 1 saturated heterocycles. The zero-order chi connectivity index (χ0) is 22.9. The lowest BCUT2D eigenvalue weighted by Crippen LogP contribution is -2.47. The maximum Gasteiger partial charge on any atom is 0.243 e. The lowest BCUT2D eigenvalue weighted by Gasteiger charge is -2.37. The molecule has 2 aliphatic rings. The Labute approximate surface area is 193 Å². The number of nitrogens with one attached hydrogen (secondary N) is 2. The lowest BCUT2D eigenvalue weighted by atomic mass is 10.0. The van der Waals surface area contributed by atoms with E-state index in [-0.39, 0.29) is 35.2 Å². The number of carbonyl (C=O) groups excluding carboxylic acids is 2. The van der Waals surface area contributed by atoms with Gasteiger partial charge < -0.3 is 10.6 Å². The standard InChI is InChI=1S/C23H27N3O4S2/c1-15-6-5-7-16(2)26(15)32(29,30)18-12-10-17(11-13-18)24-22(27)14-21-23(28)25-19-8-3-4-9-20(19)31-21/h3-4,8-13,15-16,21H,5-7,14H2,1-2H3,(H,24,27)(H,25,28)/t15-,16+,21-/m0/s1. The highest BCUT2D eigenvalue weighted by atomic mass is 32.2. The van der Waals surface area contributed by atoms with Gasteiger partial charge in [-0.1, -0.05) is 18.6 Å². The Morgan fingerprint density at radius 2 is 1.75 bits per heavy atom. The fourth-order valence-corrected chi connectivity index (χ4v) is 7.30. The largest absolute Gasteiger partial charge is 0.326 e. The molecule has 170 valence electrons. The Bertz CT molecular complexity index is 1110. The van der Waals surface area contributed by atoms with Gasteiger partial charge in [-0.3, -0.25) is 9.59 Å². The number of para-hydroxylation sites is 1. The van der Waals surface area contributed by atoms with E-state index in [1.807, 2.05) is 38.1 Å². The molecule has 2 aromatic carbocycles. The third-order valence-electron chi connectivity index (χ3n) is 5.90. The van der Waals surface area contributed by atoms with E-state index in [1.165, 1.54) is 23.9 Å². The summed E-state index contributed by atoms with van der Waals surface area (Å²) in [5.41, 5.74) is 1.25. The summed E-state index contributed by atoms with van der Waals surface area (Å²) >= 11 is 1.37. The van der Waals surface area contributed by atoms with E-state index in [2.05, 4.69) is 10.6 Å². The Balaban J connectivity index is 1.40. The van der Waals surface area contributed by atoms with E-state index in [4.69, 9.17) is 0 Å². The van der Waals surface area contributed by atoms with Gasteiger partial charge in [-0.2, -0.15) is 4.31 Å². The number of benzene rings is 2. The number of sulfonamides is 1. The molecule has 2 aromatic rings. The van der Waals surface area contributed by atoms with Crippen molar-refractivity contribution in [2.24, 2.45) is 0 Å². The number of fused-ring (bicyclic) bond motifs is 1. The van der Waals surface area contributed by atoms with Crippen LogP contribution in [0.2, 0.25) is 0 Å². The van der Waals surface area contributed by atoms with Gasteiger partial charge in [0, 0.05) is 29.1 Å². The van der Waals surface area contributed by atoms with Crippen LogP contribution in [-0.4, -0.2) is 41.9 Å². The third-order valence-corrected chi connectivity index (χ3v) is 9.32. The number of hydrogen-bond acceptors (Lipinski definition) is 5. The maximum absolute atomic E-state index is 13.1. The van der Waals surface area contributed by atoms with Crippen LogP contribution < -0.4 is 10.6 Å². The summed E-state index contributed by atoms with van der Waals surface area (Å²) in [5.74, 6) is -0.499. The minimum atomic E-state index is -3.60. The van der Waals surface area contributed by atoms with Crippen molar-refractivity contribution in [3.63, 3.8) is 0 Å². The van der Waals surface area contributed by atoms with E-state index in [9.17, 15) is 18.0 Å². The predicted octanol–water partition coefficient (Wildman–Crippen LogP) is 4.08. The summed E-state index contributed by atoms with van der Waals surface area (Å²) in [5, 5.41) is 5.08. The van der Waals surface area contributed by atoms with Gasteiger partial charge in [0.15, 0.2) is 0 Å². The second-order valence-electron chi connectivity index (χ2n) is 8.33. The molecule has 3 atom stereocenters. The summed E-state index contributed by atoms with van der Waals surface area (Å²) in [7, 11) is -3.60. The van der Waals surface area contributed by atoms with Gasteiger partial charge in [0.2, 0.25) is 21.8 Å². The average molecular weight is 474 g/mol. The van der Waals surface area contributed by atoms with Gasteiger partial charge in [-0.05, 0) is 63.1 Å². The van der Waals surface area contributed by atoms with Gasteiger partial charge in [0.1, 0.15) is 0 Å². The summed E-state index contributed by atoms with van der Waals surface area (Å²) in [6.07, 6.45) is 2.76. The fourth-order valence-electron chi connectivity index (χ4n) is 4.31. The van der Waals surface area contributed by atoms with Crippen LogP contribution in [0.1, 0.15) is 39.5 Å². The van der Waals surface area contributed by atoms with Crippen LogP contribution in [0.3, 0.4) is 0 Å². The van der Waals surface area contributed by atoms with Crippen molar-refractivity contribution >= 4 is 45.0 Å². The predicted molar refractivity (Wildman–Crippen MR) is 126 cm³/mol. The number of thioether (sulfide) groups is 1. The lowest BCUT2D eigenvalue weighted by molar-refractivity contribution is -0.120. The van der Waals surface area contributed by atoms with Crippen molar-refractivity contribution in [3.05, 3.63) is 48.5 Å². The number of carbonyl (C=O) groups is 2. The number of nitrogens with zero attached hydrogens (tertiary/aromatic N) is 1. The van der Waals surface area contributed by atoms with Crippen molar-refractivity contribution in [1.82, 2.24) is 4.31 Å². The highest BCUT2D eigenvalue weighted by Crippen LogP contribution is 2.36. The van der Waals surface area contributed by atoms with Gasteiger partial charge in [-0.25, -0.2) is 8.42 Å². The first-order valence-electron chi connectivity index (χ1n) is 10.8. The Kier molecular flexibility index (Phi) is 6.60. The molecule has 7 nitrogen and oxygen atoms in total. The Morgan fingerprint density at radius 1 is 1.09 bits per heavy atom. The SMILES string of the molecule is C[C@@H]1CCC[C@H](C)N1S(=O)(=O)c1ccc(NC(=O)C[C@@H]2Sc3ccccc3NC2=O)cc1. The zero-order valence-electron chi connectivity index (χ0n) is 18.1. The van der Waals surface area contributed by atoms with Crippen molar-refractivity contribution < 1.29 is 18.0 Å². The molecule has 2 amide bonds. The monoisotopic (exact) mass is 473 g/mol. The molecule has 0 radical (unpaired) electrons. The first kappa shape index (κ1) is 22.8. The normalized spacial score (nSPS) is 23.8. The molecular weight excluding hydrogens is 446 g/mol. The third kappa shape index (κ3) is 4.69. The minimum absolute atomic E-state index is 0.0215. The first-order valence-corrected chi connectivity index (χ1v) is 13.1. The van der Waals surface area contributed by atoms with Crippen molar-refractivity contribution in [2.45, 2.75) is 66.7 Å². The minimum Gasteiger partial charge on any atom is -0.326 e. The summed E-state index contributed by atoms with van der Waals surface area (Å²) in [6.45, 7) is 3.89. The molecule has 0 aliphatic carbocycles. The maximum atomic E-state index is 13.1. The molecule has 9 heteroatoms. The summed E-state index contributed by atoms with van der Waals surface area (Å²) in [4.78, 5) is 26.0. The highest BCUT2D eigenvalue weighted by Gasteiger charge is 2.35. The second-order valence-corrected chi connectivity index (χ2v) is 11.4. The number of piperidine rings is 1. The summed E-state index contributed by atoms with van der Waals surface area (Å²) < 4.78 is 27.9. The van der Waals surface area contributed by atoms with Crippen LogP contribution in [0, 0.1) is 0 Å². The van der Waals surface area contributed by atoms with Crippen LogP contribution in [0.15, 0.2) is 58.3 Å². The van der Waals surface area contributed by atoms with E-state index in [0.717, 1.165) is 29.8 Å². The first-order chi connectivity index (χ1) is 15.3. The molecule has 0 bridgehead atoms. The molecule has 32 heavy (non-hydrogen) atoms. The van der Waals surface area contributed by atoms with Crippen molar-refractivity contribution in [3.8, 4) is 0 Å². The Hall–Kier alpha value is -2.36. The molecule has 1 fully saturated rings. The molecule has 2 heterocycles. The fraction of sp³-hybridized carbons (Fsp3) is 0.391. The molecule has 0 spiro atoms. The number of anilines is 2. The van der Waals surface area contributed by atoms with Gasteiger partial charge in [0.25, 0.3) is 0 Å². The van der Waals surface area contributed by atoms with Crippen LogP contribution in [0.4, 0.5) is 11.4 Å². The second kappa shape index (κ2) is 9.25. The molecule has 0 unspecified atom stereocenters. The van der Waals surface area contributed by atoms with E-state index in [0.29, 0.717) is 5.69 Å². The van der Waals surface area contributed by atoms with Crippen LogP contribution in [-0.2, 0) is 19.6 Å². The van der Waals surface area contributed by atoms with Crippen LogP contribution >= 0.6 is 11.8 Å². The van der Waals surface area contributed by atoms with Crippen LogP contribution in [0.25, 0.3) is 0 Å². The van der Waals surface area contributed by atoms with Crippen molar-refractivity contribution in [1.29, 1.82) is 0 Å². The van der Waals surface area contributed by atoms with Gasteiger partial charge >= 0.3 is 0 Å². The Morgan fingerprint density at radius 3 is 2.44 bits per heavy atom. The van der Waals surface area contributed by atoms with Gasteiger partial charge in [-0.15, -0.1) is 11.8 Å². The van der Waals surface area contributed by atoms with Crippen LogP contribution in [0.5, 0.6) is 0 Å². The molecular formula is C23H27N3O4S2. The topological polar surface area (TPSA) is 95.6 Å². The number of rotatable bonds is 5. The average Bonchev–Trinajstić information content (AvgIpc) is 2.74. The van der Waals surface area contributed by atoms with E-state index in [1.54, 1.807) is 16.4 Å². The molecule has 2 aliphatic heterocycles. The smallest absolute Gasteiger partial charge is 0.243 e. The number of amides is 2.